The normalized spacial score (nSPS) is 9.06. The molecule has 5 N–H and O–H groups in total. The van der Waals surface area contributed by atoms with Crippen LogP contribution in [0.3, 0.4) is 0 Å². The van der Waals surface area contributed by atoms with E-state index in [0.717, 1.165) is 21.1 Å². The number of nitrogens with zero attached hydrogens (tertiary/aromatic N) is 1. The van der Waals surface area contributed by atoms with Crippen LogP contribution in [0.4, 0.5) is 0 Å². The van der Waals surface area contributed by atoms with Crippen molar-refractivity contribution in [1.29, 1.82) is 0 Å². The summed E-state index contributed by atoms with van der Waals surface area (Å²) in [5, 5.41) is 3.22. The molecule has 0 saturated heterocycles. The Morgan fingerprint density at radius 2 is 0.741 bits per heavy atom. The van der Waals surface area contributed by atoms with Crippen molar-refractivity contribution in [3.05, 3.63) is 134 Å². The number of nitrogens with one attached hydrogen (secondary N) is 2. The quantitative estimate of drug-likeness (QED) is 0.122. The number of cyclic esters (lactones) is 2. The number of ether oxygens (including phenoxy) is 1. The van der Waals surface area contributed by atoms with E-state index in [-0.39, 0.29) is 219 Å². The predicted molar refractivity (Wildman–Crippen MR) is 190 cm³/mol. The number of imide groups is 1. The SMILES string of the molecule is CC.CC.C[NH-].C[NH-].O=C1OC(=O)c2cccc3cccc1c23.[CH2-]C.[CH2-]C.[CH2-]N.[CH2-]N1C(=O)c2cccc3cccc(c23)C1=O.[OH-].[Rb+].[Rb+].[Re].[Re].[Rf].[Rf].[Ta+2].[Ta+2]. The fraction of sp³-hybridized carbons (Fsp3) is 0.222. The van der Waals surface area contributed by atoms with Crippen molar-refractivity contribution in [3.63, 3.8) is 0 Å². The number of hydrogen-bond donors (Lipinski definition) is 1. The van der Waals surface area contributed by atoms with Gasteiger partial charge in [-0.2, -0.15) is 27.9 Å². The van der Waals surface area contributed by atoms with Crippen LogP contribution in [0.15, 0.2) is 72.8 Å². The second-order valence-corrected chi connectivity index (χ2v) is 7.13. The molecule has 2 aliphatic heterocycles. The second-order valence-electron chi connectivity index (χ2n) is 7.13. The molecule has 2 amide bonds. The third-order valence-corrected chi connectivity index (χ3v) is 5.39. The molecule has 2 heterocycles. The van der Waals surface area contributed by atoms with E-state index in [9.17, 15) is 19.2 Å². The predicted octanol–water partition coefficient (Wildman–Crippen LogP) is 3.01. The first-order valence-corrected chi connectivity index (χ1v) is 14.3. The number of carbonyl (C=O) groups excluding carboxylic acids is 4. The Morgan fingerprint density at radius 1 is 0.537 bits per heavy atom. The maximum atomic E-state index is 11.9. The Bertz CT molecular complexity index is 1420. The molecule has 0 atom stereocenters. The molecule has 4 aromatic carbocycles. The van der Waals surface area contributed by atoms with E-state index < -0.39 is 11.9 Å². The molecule has 0 saturated carbocycles. The van der Waals surface area contributed by atoms with Crippen LogP contribution in [0, 0.1) is 27.9 Å². The average Bonchev–Trinajstić information content (AvgIpc) is 3.14. The molecular formula is C36H49N4O6Rb2Re2Rf2Ta2-. The Hall–Kier alpha value is -0.0644. The van der Waals surface area contributed by atoms with Crippen LogP contribution in [-0.4, -0.2) is 48.2 Å². The van der Waals surface area contributed by atoms with Crippen LogP contribution < -0.4 is 122 Å². The van der Waals surface area contributed by atoms with E-state index >= 15 is 0 Å². The summed E-state index contributed by atoms with van der Waals surface area (Å²) in [4.78, 5) is 47.5. The van der Waals surface area contributed by atoms with Crippen LogP contribution in [0.25, 0.3) is 33.0 Å². The Labute approximate surface area is 468 Å². The van der Waals surface area contributed by atoms with E-state index in [1.54, 1.807) is 50.2 Å². The molecule has 0 unspecified atom stereocenters. The summed E-state index contributed by atoms with van der Waals surface area (Å²) in [7, 11) is 8.73. The summed E-state index contributed by atoms with van der Waals surface area (Å²) >= 11 is 0. The molecule has 54 heavy (non-hydrogen) atoms. The van der Waals surface area contributed by atoms with Gasteiger partial charge in [-0.25, -0.2) is 16.6 Å². The Kier molecular flexibility index (Phi) is 84.2. The Morgan fingerprint density at radius 3 is 0.981 bits per heavy atom. The number of benzene rings is 4. The smallest absolute Gasteiger partial charge is 0.870 e. The van der Waals surface area contributed by atoms with Gasteiger partial charge in [0.25, 0.3) is 0 Å². The fourth-order valence-corrected chi connectivity index (χ4v) is 3.96. The first-order chi connectivity index (χ1) is 22.0. The molecule has 4 radical (unpaired) electrons. The minimum absolute atomic E-state index is 0. The van der Waals surface area contributed by atoms with E-state index in [4.69, 9.17) is 11.5 Å². The van der Waals surface area contributed by atoms with Crippen molar-refractivity contribution in [2.24, 2.45) is 5.73 Å². The summed E-state index contributed by atoms with van der Waals surface area (Å²) in [5.41, 5.74) is 17.8. The fourth-order valence-electron chi connectivity index (χ4n) is 3.96. The number of hydrogen-bond acceptors (Lipinski definition) is 7. The van der Waals surface area contributed by atoms with E-state index in [2.05, 4.69) is 38.4 Å². The standard InChI is InChI=1S/C13H8NO2.C12H6O3.2C2H6.2C2H5.3CH4N.H2O.2Rb.2Re.2Rf.2Ta/c1-14-12(15)9-6-2-4-8-5-3-7-10(11(8)9)13(14)16;13-11-8-5-1-3-7-4-2-6-9(10(7)8)12(14)15-11;7*1-2;;;;;;;;;/h2-7H,1H2;1-6H;2*1-2H3;2*1H2,2H3;2*2H,1H3;1-2H2;1H2;;;;;;;;/q-1;;;;5*-1;;2*+1;;;;;2*+2/p-1. The molecule has 18 heteroatoms. The molecule has 6 rings (SSSR count). The molecule has 280 valence electrons. The van der Waals surface area contributed by atoms with Crippen molar-refractivity contribution in [2.75, 3.05) is 14.1 Å². The molecule has 0 aromatic heterocycles. The third kappa shape index (κ3) is 23.4. The summed E-state index contributed by atoms with van der Waals surface area (Å²) < 4.78 is 4.63. The number of carbonyl (C=O) groups is 4. The molecule has 4 aromatic rings. The topological polar surface area (TPSA) is 184 Å². The first kappa shape index (κ1) is 85.9. The molecule has 0 fully saturated rings. The summed E-state index contributed by atoms with van der Waals surface area (Å²) in [6, 6.07) is 21.5. The largest absolute Gasteiger partial charge is 2.00 e. The third-order valence-electron chi connectivity index (χ3n) is 5.39. The summed E-state index contributed by atoms with van der Waals surface area (Å²) in [5.74, 6) is -1.81. The van der Waals surface area contributed by atoms with Gasteiger partial charge in [-0.3, -0.25) is 16.6 Å². The van der Waals surface area contributed by atoms with Gasteiger partial charge in [0, 0.05) is 62.7 Å². The molecule has 0 aliphatic carbocycles. The zero-order valence-corrected chi connectivity index (χ0v) is 67.8. The van der Waals surface area contributed by atoms with Crippen LogP contribution in [-0.2, 0) is 90.3 Å². The van der Waals surface area contributed by atoms with Gasteiger partial charge in [-0.05, 0) is 35.0 Å². The van der Waals surface area contributed by atoms with Gasteiger partial charge >= 0.3 is 173 Å². The van der Waals surface area contributed by atoms with Crippen molar-refractivity contribution in [1.82, 2.24) is 4.90 Å². The van der Waals surface area contributed by atoms with Gasteiger partial charge in [0.15, 0.2) is 0 Å². The zero-order valence-electron chi connectivity index (χ0n) is 33.3. The van der Waals surface area contributed by atoms with Crippen LogP contribution >= 0.6 is 0 Å². The molecule has 2 aliphatic rings. The van der Waals surface area contributed by atoms with Gasteiger partial charge < -0.3 is 46.2 Å². The molecule has 10 nitrogen and oxygen atoms in total. The van der Waals surface area contributed by atoms with Gasteiger partial charge in [0.1, 0.15) is 0 Å². The van der Waals surface area contributed by atoms with Crippen LogP contribution in [0.1, 0.15) is 83.0 Å². The molecule has 0 spiro atoms. The number of nitrogens with two attached hydrogens (primary N) is 1. The Balaban J connectivity index is -0.0000000439. The summed E-state index contributed by atoms with van der Waals surface area (Å²) in [6.07, 6.45) is 0. The zero-order chi connectivity index (χ0) is 35.7. The van der Waals surface area contributed by atoms with Gasteiger partial charge in [-0.15, -0.1) is 0 Å². The van der Waals surface area contributed by atoms with Crippen molar-refractivity contribution in [2.45, 2.75) is 41.5 Å². The number of esters is 2. The van der Waals surface area contributed by atoms with Crippen molar-refractivity contribution in [3.8, 4) is 0 Å². The minimum Gasteiger partial charge on any atom is -0.870 e. The monoisotopic (exact) mass is 2070 g/mol. The first-order valence-electron chi connectivity index (χ1n) is 14.3. The van der Waals surface area contributed by atoms with Gasteiger partial charge in [0.05, 0.1) is 11.1 Å². The van der Waals surface area contributed by atoms with Gasteiger partial charge in [0.2, 0.25) is 11.8 Å². The van der Waals surface area contributed by atoms with Crippen molar-refractivity contribution >= 4 is 45.3 Å². The van der Waals surface area contributed by atoms with Gasteiger partial charge in [-0.1, -0.05) is 76.2 Å². The molecular weight excluding hydrogens is 2020 g/mol. The number of rotatable bonds is 0. The summed E-state index contributed by atoms with van der Waals surface area (Å²) in [6.45, 7) is 18.0. The molecule has 0 bridgehead atoms. The average molecular weight is 2070 g/mol. The van der Waals surface area contributed by atoms with E-state index in [0.29, 0.717) is 27.6 Å². The number of amides is 2. The maximum absolute atomic E-state index is 11.9. The van der Waals surface area contributed by atoms with Crippen LogP contribution in [0.2, 0.25) is 0 Å². The van der Waals surface area contributed by atoms with Crippen molar-refractivity contribution < 1.29 is 231 Å². The minimum atomic E-state index is -0.565. The van der Waals surface area contributed by atoms with Crippen LogP contribution in [0.5, 0.6) is 0 Å². The van der Waals surface area contributed by atoms with E-state index in [1.165, 1.54) is 14.1 Å². The second kappa shape index (κ2) is 52.9. The van der Waals surface area contributed by atoms with E-state index in [1.807, 2.05) is 64.1 Å². The maximum Gasteiger partial charge on any atom is 2.00 e.